The molecule has 1 unspecified atom stereocenters. The van der Waals surface area contributed by atoms with Crippen LogP contribution in [0.3, 0.4) is 0 Å². The number of nitrogens with zero attached hydrogens (tertiary/aromatic N) is 2. The monoisotopic (exact) mass is 535 g/mol. The molecule has 0 saturated carbocycles. The standard InChI is InChI=1S/C24H27N3O2S.C2HF3O2/c28-30(29,22-10-4-8-20-9-5-14-25-24(20)22)26-15-1-2-16-27-17-13-19-7-3-6-18-11-12-21(27)23(18)19;3-2(4,5)1(6)7/h3-10,14,21,26H,1-2,11-13,15-17H2;(H,6,7). The molecular weight excluding hydrogens is 507 g/mol. The normalized spacial score (nSPS) is 17.2. The maximum atomic E-state index is 12.8. The van der Waals surface area contributed by atoms with Gasteiger partial charge in [-0.3, -0.25) is 9.88 Å². The van der Waals surface area contributed by atoms with Crippen molar-refractivity contribution in [2.45, 2.75) is 49.2 Å². The van der Waals surface area contributed by atoms with Gasteiger partial charge in [-0.2, -0.15) is 13.2 Å². The van der Waals surface area contributed by atoms with E-state index in [1.165, 1.54) is 24.0 Å². The van der Waals surface area contributed by atoms with Gasteiger partial charge in [-0.05, 0) is 67.5 Å². The van der Waals surface area contributed by atoms with Crippen LogP contribution in [0.15, 0.2) is 59.6 Å². The number of carboxylic acids is 1. The smallest absolute Gasteiger partial charge is 0.475 e. The van der Waals surface area contributed by atoms with Crippen molar-refractivity contribution in [1.82, 2.24) is 14.6 Å². The number of alkyl halides is 3. The second-order valence-corrected chi connectivity index (χ2v) is 10.8. The Morgan fingerprint density at radius 3 is 2.46 bits per heavy atom. The number of hydrogen-bond acceptors (Lipinski definition) is 5. The van der Waals surface area contributed by atoms with Crippen molar-refractivity contribution in [1.29, 1.82) is 0 Å². The second-order valence-electron chi connectivity index (χ2n) is 9.07. The van der Waals surface area contributed by atoms with Crippen LogP contribution in [0.1, 0.15) is 42.0 Å². The molecule has 0 amide bonds. The molecular formula is C26H28F3N3O4S. The molecule has 1 aliphatic carbocycles. The Hall–Kier alpha value is -3.02. The van der Waals surface area contributed by atoms with Gasteiger partial charge < -0.3 is 5.11 Å². The third-order valence-electron chi connectivity index (χ3n) is 6.71. The maximum absolute atomic E-state index is 12.8. The number of nitrogens with one attached hydrogen (secondary N) is 1. The molecule has 0 radical (unpaired) electrons. The molecule has 0 bridgehead atoms. The van der Waals surface area contributed by atoms with Crippen LogP contribution >= 0.6 is 0 Å². The fraction of sp³-hybridized carbons (Fsp3) is 0.385. The van der Waals surface area contributed by atoms with Gasteiger partial charge in [0.05, 0.1) is 5.52 Å². The molecule has 2 N–H and O–H groups in total. The molecule has 1 atom stereocenters. The van der Waals surface area contributed by atoms with E-state index in [-0.39, 0.29) is 4.90 Å². The van der Waals surface area contributed by atoms with E-state index in [2.05, 4.69) is 32.8 Å². The Kier molecular flexibility index (Phi) is 8.15. The van der Waals surface area contributed by atoms with Crippen molar-refractivity contribution in [2.24, 2.45) is 0 Å². The Balaban J connectivity index is 0.000000405. The largest absolute Gasteiger partial charge is 0.490 e. The summed E-state index contributed by atoms with van der Waals surface area (Å²) in [5.41, 5.74) is 5.16. The van der Waals surface area contributed by atoms with Gasteiger partial charge in [0.25, 0.3) is 0 Å². The van der Waals surface area contributed by atoms with E-state index in [9.17, 15) is 21.6 Å². The van der Waals surface area contributed by atoms with Crippen LogP contribution in [0.2, 0.25) is 0 Å². The number of aromatic nitrogens is 1. The lowest BCUT2D eigenvalue weighted by Gasteiger charge is -2.35. The van der Waals surface area contributed by atoms with E-state index in [0.29, 0.717) is 18.1 Å². The van der Waals surface area contributed by atoms with Crippen molar-refractivity contribution in [3.05, 3.63) is 71.4 Å². The first-order valence-electron chi connectivity index (χ1n) is 12.1. The number of unbranched alkanes of at least 4 members (excludes halogenated alkanes) is 1. The van der Waals surface area contributed by atoms with Gasteiger partial charge in [-0.15, -0.1) is 0 Å². The zero-order valence-electron chi connectivity index (χ0n) is 20.0. The quantitative estimate of drug-likeness (QED) is 0.433. The number of aryl methyl sites for hydroxylation is 1. The summed E-state index contributed by atoms with van der Waals surface area (Å²) in [7, 11) is -3.57. The molecule has 198 valence electrons. The number of aliphatic carboxylic acids is 1. The van der Waals surface area contributed by atoms with E-state index < -0.39 is 22.2 Å². The van der Waals surface area contributed by atoms with Gasteiger partial charge in [-0.25, -0.2) is 17.9 Å². The molecule has 0 saturated heterocycles. The molecule has 0 spiro atoms. The van der Waals surface area contributed by atoms with Crippen LogP contribution in [-0.4, -0.2) is 55.2 Å². The lowest BCUT2D eigenvalue weighted by atomic mass is 9.93. The van der Waals surface area contributed by atoms with Gasteiger partial charge in [0, 0.05) is 30.7 Å². The fourth-order valence-corrected chi connectivity index (χ4v) is 6.29. The minimum absolute atomic E-state index is 0.256. The Morgan fingerprint density at radius 1 is 1.05 bits per heavy atom. The number of carboxylic acid groups (broad SMARTS) is 1. The molecule has 2 heterocycles. The molecule has 1 aliphatic heterocycles. The van der Waals surface area contributed by atoms with Crippen LogP contribution in [0.4, 0.5) is 13.2 Å². The summed E-state index contributed by atoms with van der Waals surface area (Å²) in [5.74, 6) is -2.76. The minimum atomic E-state index is -5.08. The van der Waals surface area contributed by atoms with E-state index in [1.807, 2.05) is 18.2 Å². The summed E-state index contributed by atoms with van der Waals surface area (Å²) in [6, 6.07) is 16.3. The van der Waals surface area contributed by atoms with Crippen LogP contribution in [-0.2, 0) is 27.7 Å². The van der Waals surface area contributed by atoms with Gasteiger partial charge in [0.15, 0.2) is 0 Å². The molecule has 0 fully saturated rings. The zero-order chi connectivity index (χ0) is 26.6. The molecule has 3 aromatic rings. The number of rotatable bonds is 7. The Bertz CT molecular complexity index is 1370. The van der Waals surface area contributed by atoms with Crippen LogP contribution in [0.25, 0.3) is 10.9 Å². The summed E-state index contributed by atoms with van der Waals surface area (Å²) >= 11 is 0. The zero-order valence-corrected chi connectivity index (χ0v) is 20.9. The first-order valence-corrected chi connectivity index (χ1v) is 13.5. The molecule has 1 aromatic heterocycles. The Morgan fingerprint density at radius 2 is 1.73 bits per heavy atom. The molecule has 2 aromatic carbocycles. The molecule has 7 nitrogen and oxygen atoms in total. The number of fused-ring (bicyclic) bond motifs is 1. The van der Waals surface area contributed by atoms with E-state index >= 15 is 0 Å². The third kappa shape index (κ3) is 6.28. The Labute approximate surface area is 213 Å². The van der Waals surface area contributed by atoms with E-state index in [0.717, 1.165) is 37.7 Å². The van der Waals surface area contributed by atoms with Gasteiger partial charge in [0.1, 0.15) is 4.90 Å². The summed E-state index contributed by atoms with van der Waals surface area (Å²) in [5, 5.41) is 7.96. The van der Waals surface area contributed by atoms with E-state index in [4.69, 9.17) is 9.90 Å². The van der Waals surface area contributed by atoms with Crippen LogP contribution in [0.5, 0.6) is 0 Å². The van der Waals surface area contributed by atoms with Crippen LogP contribution in [0, 0.1) is 0 Å². The topological polar surface area (TPSA) is 99.6 Å². The van der Waals surface area contributed by atoms with Gasteiger partial charge in [-0.1, -0.05) is 36.4 Å². The lowest BCUT2D eigenvalue weighted by Crippen LogP contribution is -2.35. The second kappa shape index (κ2) is 11.2. The van der Waals surface area contributed by atoms with Gasteiger partial charge >= 0.3 is 12.1 Å². The highest BCUT2D eigenvalue weighted by molar-refractivity contribution is 7.89. The van der Waals surface area contributed by atoms with Crippen molar-refractivity contribution < 1.29 is 31.5 Å². The SMILES string of the molecule is O=C(O)C(F)(F)F.O=S(=O)(NCCCCN1CCc2cccc3c2C1CC3)c1cccc2cccnc12. The average Bonchev–Trinajstić information content (AvgIpc) is 3.30. The fourth-order valence-electron chi connectivity index (χ4n) is 5.04. The summed E-state index contributed by atoms with van der Waals surface area (Å²) in [6.45, 7) is 2.58. The third-order valence-corrected chi connectivity index (χ3v) is 8.20. The predicted octanol–water partition coefficient (Wildman–Crippen LogP) is 4.47. The van der Waals surface area contributed by atoms with Crippen LogP contribution < -0.4 is 4.72 Å². The summed E-state index contributed by atoms with van der Waals surface area (Å²) < 4.78 is 60.1. The van der Waals surface area contributed by atoms with Crippen molar-refractivity contribution in [2.75, 3.05) is 19.6 Å². The van der Waals surface area contributed by atoms with Crippen molar-refractivity contribution >= 4 is 26.9 Å². The number of para-hydroxylation sites is 1. The first-order chi connectivity index (χ1) is 17.6. The summed E-state index contributed by atoms with van der Waals surface area (Å²) in [6.07, 6.45) is 1.89. The summed E-state index contributed by atoms with van der Waals surface area (Å²) in [4.78, 5) is 16.0. The molecule has 2 aliphatic rings. The van der Waals surface area contributed by atoms with Crippen molar-refractivity contribution in [3.63, 3.8) is 0 Å². The highest BCUT2D eigenvalue weighted by Crippen LogP contribution is 2.41. The average molecular weight is 536 g/mol. The number of sulfonamides is 1. The number of hydrogen-bond donors (Lipinski definition) is 2. The predicted molar refractivity (Wildman–Crippen MR) is 133 cm³/mol. The molecule has 11 heteroatoms. The first kappa shape index (κ1) is 27.0. The van der Waals surface area contributed by atoms with Crippen molar-refractivity contribution in [3.8, 4) is 0 Å². The number of halogens is 3. The number of benzene rings is 2. The maximum Gasteiger partial charge on any atom is 0.490 e. The minimum Gasteiger partial charge on any atom is -0.475 e. The molecule has 37 heavy (non-hydrogen) atoms. The number of carbonyl (C=O) groups is 1. The highest BCUT2D eigenvalue weighted by Gasteiger charge is 2.38. The van der Waals surface area contributed by atoms with E-state index in [1.54, 1.807) is 23.9 Å². The highest BCUT2D eigenvalue weighted by atomic mass is 32.2. The lowest BCUT2D eigenvalue weighted by molar-refractivity contribution is -0.192. The van der Waals surface area contributed by atoms with Gasteiger partial charge in [0.2, 0.25) is 10.0 Å². The number of pyridine rings is 1. The molecule has 5 rings (SSSR count).